The van der Waals surface area contributed by atoms with Crippen molar-refractivity contribution in [2.45, 2.75) is 44.0 Å². The summed E-state index contributed by atoms with van der Waals surface area (Å²) in [7, 11) is -3.18. The first-order valence-corrected chi connectivity index (χ1v) is 7.22. The van der Waals surface area contributed by atoms with E-state index >= 15 is 0 Å². The normalized spacial score (nSPS) is 22.9. The predicted molar refractivity (Wildman–Crippen MR) is 69.8 cm³/mol. The van der Waals surface area contributed by atoms with Gasteiger partial charge in [0.05, 0.1) is 0 Å². The molecule has 3 atom stereocenters. The van der Waals surface area contributed by atoms with Crippen LogP contribution in [0, 0.1) is 0 Å². The quantitative estimate of drug-likeness (QED) is 0.408. The first-order valence-electron chi connectivity index (χ1n) is 6.04. The Balaban J connectivity index is 3.16. The number of likely N-dealkylation sites (tertiary alicyclic amines) is 1. The monoisotopic (exact) mass is 306 g/mol. The van der Waals surface area contributed by atoms with Gasteiger partial charge < -0.3 is 15.3 Å². The van der Waals surface area contributed by atoms with Crippen LogP contribution in [0.1, 0.15) is 27.2 Å². The van der Waals surface area contributed by atoms with Gasteiger partial charge in [0.2, 0.25) is 11.8 Å². The molecule has 9 heteroatoms. The molecule has 1 heterocycles. The van der Waals surface area contributed by atoms with Gasteiger partial charge >= 0.3 is 5.97 Å². The molecule has 0 saturated carbocycles. The summed E-state index contributed by atoms with van der Waals surface area (Å²) >= 11 is 0. The number of carbonyl (C=O) groups excluding carboxylic acids is 2. The highest BCUT2D eigenvalue weighted by atomic mass is 32.2. The Morgan fingerprint density at radius 3 is 2.40 bits per heavy atom. The van der Waals surface area contributed by atoms with Gasteiger partial charge in [-0.25, -0.2) is 13.2 Å². The zero-order valence-electron chi connectivity index (χ0n) is 11.5. The van der Waals surface area contributed by atoms with Crippen molar-refractivity contribution in [2.75, 3.05) is 6.54 Å². The Morgan fingerprint density at radius 1 is 1.55 bits per heavy atom. The lowest BCUT2D eigenvalue weighted by atomic mass is 9.91. The number of amides is 2. The lowest BCUT2D eigenvalue weighted by molar-refractivity contribution is -0.162. The lowest BCUT2D eigenvalue weighted by Gasteiger charge is -2.46. The molecule has 1 saturated heterocycles. The summed E-state index contributed by atoms with van der Waals surface area (Å²) in [5, 5.41) is 11.6. The van der Waals surface area contributed by atoms with E-state index in [1.807, 2.05) is 0 Å². The minimum Gasteiger partial charge on any atom is -0.480 e. The maximum absolute atomic E-state index is 11.6. The summed E-state index contributed by atoms with van der Waals surface area (Å²) in [4.78, 5) is 35.0. The van der Waals surface area contributed by atoms with Crippen molar-refractivity contribution in [1.82, 2.24) is 10.2 Å². The van der Waals surface area contributed by atoms with Gasteiger partial charge in [0.15, 0.2) is 6.04 Å². The van der Waals surface area contributed by atoms with Gasteiger partial charge in [-0.1, -0.05) is 0 Å². The Hall–Kier alpha value is -1.64. The Labute approximate surface area is 118 Å². The summed E-state index contributed by atoms with van der Waals surface area (Å²) in [6.07, 6.45) is 0.190. The molecule has 0 aliphatic carbocycles. The summed E-state index contributed by atoms with van der Waals surface area (Å²) in [6, 6.07) is -1.86. The molecule has 20 heavy (non-hydrogen) atoms. The highest BCUT2D eigenvalue weighted by molar-refractivity contribution is 7.74. The van der Waals surface area contributed by atoms with E-state index in [9.17, 15) is 27.9 Å². The zero-order chi connectivity index (χ0) is 15.7. The molecular formula is C11H18N2O6S. The van der Waals surface area contributed by atoms with E-state index in [-0.39, 0.29) is 19.0 Å². The van der Waals surface area contributed by atoms with E-state index in [0.29, 0.717) is 0 Å². The summed E-state index contributed by atoms with van der Waals surface area (Å²) in [5.74, 6) is -2.28. The molecule has 0 radical (unpaired) electrons. The van der Waals surface area contributed by atoms with Crippen LogP contribution < -0.4 is 5.32 Å². The van der Waals surface area contributed by atoms with Crippen LogP contribution >= 0.6 is 0 Å². The number of nitrogens with zero attached hydrogens (tertiary/aromatic N) is 1. The minimum absolute atomic E-state index is 0.190. The molecule has 2 amide bonds. The topological polar surface area (TPSA) is 121 Å². The van der Waals surface area contributed by atoms with Crippen molar-refractivity contribution in [3.05, 3.63) is 0 Å². The minimum atomic E-state index is -3.18. The van der Waals surface area contributed by atoms with Gasteiger partial charge in [0.1, 0.15) is 15.5 Å². The number of rotatable bonds is 6. The smallest absolute Gasteiger partial charge is 0.328 e. The number of carboxylic acids is 1. The number of nitrogens with one attached hydrogen (secondary N) is 1. The van der Waals surface area contributed by atoms with Crippen molar-refractivity contribution in [3.63, 3.8) is 0 Å². The van der Waals surface area contributed by atoms with Crippen LogP contribution in [0.15, 0.2) is 0 Å². The lowest BCUT2D eigenvalue weighted by Crippen LogP contribution is -2.68. The van der Waals surface area contributed by atoms with E-state index in [1.165, 1.54) is 13.8 Å². The molecule has 1 aliphatic rings. The van der Waals surface area contributed by atoms with Gasteiger partial charge in [-0.05, 0) is 13.8 Å². The third kappa shape index (κ3) is 2.92. The number of carbonyl (C=O) groups is 3. The third-order valence-electron chi connectivity index (χ3n) is 3.45. The SMILES string of the molecule is CC(=O)NC[C@@](C)([C@H](C(=O)O)N1C(=O)C[C@H]1C)[SH](=O)=O. The van der Waals surface area contributed by atoms with E-state index in [0.717, 1.165) is 4.90 Å². The second-order valence-electron chi connectivity index (χ2n) is 5.12. The van der Waals surface area contributed by atoms with Gasteiger partial charge in [0, 0.05) is 25.9 Å². The molecule has 1 rings (SSSR count). The van der Waals surface area contributed by atoms with Crippen molar-refractivity contribution < 1.29 is 27.9 Å². The molecule has 0 unspecified atom stereocenters. The van der Waals surface area contributed by atoms with Crippen LogP contribution in [0.3, 0.4) is 0 Å². The molecule has 0 spiro atoms. The van der Waals surface area contributed by atoms with Gasteiger partial charge in [0.25, 0.3) is 0 Å². The summed E-state index contributed by atoms with van der Waals surface area (Å²) in [6.45, 7) is 3.69. The van der Waals surface area contributed by atoms with Gasteiger partial charge in [-0.3, -0.25) is 9.59 Å². The van der Waals surface area contributed by atoms with E-state index < -0.39 is 39.3 Å². The molecule has 0 aromatic carbocycles. The molecule has 0 aromatic rings. The second-order valence-corrected chi connectivity index (χ2v) is 6.65. The molecular weight excluding hydrogens is 288 g/mol. The van der Waals surface area contributed by atoms with Gasteiger partial charge in [-0.15, -0.1) is 0 Å². The number of aliphatic carboxylic acids is 1. The number of β-lactam (4-membered cyclic amide) rings is 1. The van der Waals surface area contributed by atoms with E-state index in [4.69, 9.17) is 0 Å². The number of thiol groups is 1. The van der Waals surface area contributed by atoms with Crippen molar-refractivity contribution in [3.8, 4) is 0 Å². The van der Waals surface area contributed by atoms with Crippen LogP contribution in [0.5, 0.6) is 0 Å². The first kappa shape index (κ1) is 16.4. The first-order chi connectivity index (χ1) is 9.11. The fraction of sp³-hybridized carbons (Fsp3) is 0.727. The fourth-order valence-electron chi connectivity index (χ4n) is 2.24. The van der Waals surface area contributed by atoms with Crippen LogP contribution in [0.4, 0.5) is 0 Å². The van der Waals surface area contributed by atoms with Gasteiger partial charge in [-0.2, -0.15) is 0 Å². The summed E-state index contributed by atoms with van der Waals surface area (Å²) in [5.41, 5.74) is 0. The number of hydrogen-bond acceptors (Lipinski definition) is 5. The molecule has 114 valence electrons. The number of hydrogen-bond donors (Lipinski definition) is 3. The third-order valence-corrected chi connectivity index (χ3v) is 4.68. The van der Waals surface area contributed by atoms with Crippen LogP contribution in [-0.4, -0.2) is 59.6 Å². The Kier molecular flexibility index (Phi) is 4.74. The highest BCUT2D eigenvalue weighted by Gasteiger charge is 2.52. The maximum atomic E-state index is 11.6. The highest BCUT2D eigenvalue weighted by Crippen LogP contribution is 2.30. The van der Waals surface area contributed by atoms with Crippen molar-refractivity contribution in [1.29, 1.82) is 0 Å². The zero-order valence-corrected chi connectivity index (χ0v) is 12.3. The standard InChI is InChI=1S/C11H18N2O6S/c1-6-4-8(15)13(6)9(10(16)17)11(3,20(18)19)5-12-7(2)14/h6,9,20H,4-5H2,1-3H3,(H,12,14)(H,16,17)/t6-,9+,11+/m1/s1. The average Bonchev–Trinajstić information content (AvgIpc) is 2.32. The molecule has 2 N–H and O–H groups in total. The molecule has 1 aliphatic heterocycles. The average molecular weight is 306 g/mol. The summed E-state index contributed by atoms with van der Waals surface area (Å²) < 4.78 is 21.3. The Bertz CT molecular complexity index is 509. The van der Waals surface area contributed by atoms with Crippen molar-refractivity contribution >= 4 is 28.5 Å². The van der Waals surface area contributed by atoms with E-state index in [1.54, 1.807) is 6.92 Å². The van der Waals surface area contributed by atoms with Crippen LogP contribution in [-0.2, 0) is 25.1 Å². The number of carboxylic acid groups (broad SMARTS) is 1. The molecule has 8 nitrogen and oxygen atoms in total. The molecule has 0 bridgehead atoms. The van der Waals surface area contributed by atoms with Crippen molar-refractivity contribution in [2.24, 2.45) is 0 Å². The van der Waals surface area contributed by atoms with Crippen LogP contribution in [0.25, 0.3) is 0 Å². The largest absolute Gasteiger partial charge is 0.480 e. The fourth-order valence-corrected chi connectivity index (χ4v) is 2.88. The second kappa shape index (κ2) is 5.78. The molecule has 1 fully saturated rings. The van der Waals surface area contributed by atoms with Crippen LogP contribution in [0.2, 0.25) is 0 Å². The Morgan fingerprint density at radius 2 is 2.10 bits per heavy atom. The molecule has 0 aromatic heterocycles. The maximum Gasteiger partial charge on any atom is 0.328 e. The van der Waals surface area contributed by atoms with E-state index in [2.05, 4.69) is 5.32 Å². The predicted octanol–water partition coefficient (Wildman–Crippen LogP) is -1.43.